The lowest BCUT2D eigenvalue weighted by Gasteiger charge is -2.11. The van der Waals surface area contributed by atoms with Crippen molar-refractivity contribution >= 4 is 33.2 Å². The van der Waals surface area contributed by atoms with Gasteiger partial charge >= 0.3 is 0 Å². The first kappa shape index (κ1) is 14.5. The maximum Gasteiger partial charge on any atom is 0.163 e. The normalized spacial score (nSPS) is 13.6. The summed E-state index contributed by atoms with van der Waals surface area (Å²) in [4.78, 5) is 0. The van der Waals surface area contributed by atoms with Crippen LogP contribution in [0, 0.1) is 0 Å². The minimum Gasteiger partial charge on any atom is -0.490 e. The lowest BCUT2D eigenvalue weighted by molar-refractivity contribution is 0.297. The summed E-state index contributed by atoms with van der Waals surface area (Å²) in [6.07, 6.45) is 0.913. The highest BCUT2D eigenvalue weighted by Gasteiger charge is 2.10. The van der Waals surface area contributed by atoms with Gasteiger partial charge in [0.25, 0.3) is 0 Å². The Hall–Kier alpha value is -1.39. The summed E-state index contributed by atoms with van der Waals surface area (Å²) in [6.45, 7) is 2.12. The topological polar surface area (TPSA) is 30.5 Å². The molecule has 0 bridgehead atoms. The zero-order chi connectivity index (χ0) is 14.7. The summed E-state index contributed by atoms with van der Waals surface area (Å²) in [7, 11) is 0. The minimum absolute atomic E-state index is 0.695. The number of fused-ring (bicyclic) bond motifs is 1. The molecule has 0 radical (unpaired) electrons. The number of rotatable bonds is 3. The molecule has 3 nitrogen and oxygen atoms in total. The van der Waals surface area contributed by atoms with E-state index < -0.39 is 0 Å². The molecule has 0 fully saturated rings. The molecule has 2 aromatic rings. The second-order valence-corrected chi connectivity index (χ2v) is 6.08. The van der Waals surface area contributed by atoms with Crippen LogP contribution in [0.1, 0.15) is 12.0 Å². The summed E-state index contributed by atoms with van der Waals surface area (Å²) in [5.74, 6) is 1.61. The summed E-state index contributed by atoms with van der Waals surface area (Å²) in [6, 6.07) is 11.8. The number of hydrogen-bond acceptors (Lipinski definition) is 3. The standard InChI is InChI=1S/C16H15BrClNO2/c17-13-8-11(2-4-14(13)18)10-19-12-3-5-15-16(9-12)21-7-1-6-20-15/h2-5,8-9,19H,1,6-7,10H2. The molecule has 0 atom stereocenters. The predicted molar refractivity (Wildman–Crippen MR) is 88.5 cm³/mol. The van der Waals surface area contributed by atoms with Crippen LogP contribution in [0.25, 0.3) is 0 Å². The minimum atomic E-state index is 0.695. The van der Waals surface area contributed by atoms with Gasteiger partial charge in [-0.25, -0.2) is 0 Å². The molecule has 1 aliphatic heterocycles. The SMILES string of the molecule is Clc1ccc(CNc2ccc3c(c2)OCCCO3)cc1Br. The van der Waals surface area contributed by atoms with Gasteiger partial charge in [-0.1, -0.05) is 17.7 Å². The lowest BCUT2D eigenvalue weighted by atomic mass is 10.2. The molecule has 21 heavy (non-hydrogen) atoms. The van der Waals surface area contributed by atoms with Crippen LogP contribution >= 0.6 is 27.5 Å². The fraction of sp³-hybridized carbons (Fsp3) is 0.250. The van der Waals surface area contributed by atoms with E-state index in [2.05, 4.69) is 21.2 Å². The molecular weight excluding hydrogens is 354 g/mol. The van der Waals surface area contributed by atoms with Gasteiger partial charge in [0.1, 0.15) is 0 Å². The third kappa shape index (κ3) is 3.63. The van der Waals surface area contributed by atoms with Crippen molar-refractivity contribution in [2.45, 2.75) is 13.0 Å². The molecular formula is C16H15BrClNO2. The maximum atomic E-state index is 5.99. The first-order valence-electron chi connectivity index (χ1n) is 6.80. The van der Waals surface area contributed by atoms with Gasteiger partial charge in [0, 0.05) is 29.2 Å². The molecule has 0 spiro atoms. The van der Waals surface area contributed by atoms with Gasteiger partial charge in [-0.2, -0.15) is 0 Å². The zero-order valence-electron chi connectivity index (χ0n) is 11.4. The third-order valence-corrected chi connectivity index (χ3v) is 4.44. The highest BCUT2D eigenvalue weighted by atomic mass is 79.9. The van der Waals surface area contributed by atoms with Crippen molar-refractivity contribution in [1.29, 1.82) is 0 Å². The van der Waals surface area contributed by atoms with Gasteiger partial charge in [-0.15, -0.1) is 0 Å². The van der Waals surface area contributed by atoms with Crippen molar-refractivity contribution in [3.63, 3.8) is 0 Å². The number of hydrogen-bond donors (Lipinski definition) is 1. The fourth-order valence-electron chi connectivity index (χ4n) is 2.13. The number of anilines is 1. The molecule has 3 rings (SSSR count). The van der Waals surface area contributed by atoms with Crippen LogP contribution < -0.4 is 14.8 Å². The number of halogens is 2. The molecule has 1 aliphatic rings. The second kappa shape index (κ2) is 6.58. The Bertz CT molecular complexity index is 648. The average molecular weight is 369 g/mol. The Balaban J connectivity index is 1.70. The molecule has 2 aromatic carbocycles. The Morgan fingerprint density at radius 2 is 1.86 bits per heavy atom. The van der Waals surface area contributed by atoms with Crippen molar-refractivity contribution in [2.24, 2.45) is 0 Å². The predicted octanol–water partition coefficient (Wildman–Crippen LogP) is 4.88. The molecule has 5 heteroatoms. The Morgan fingerprint density at radius 3 is 2.67 bits per heavy atom. The van der Waals surface area contributed by atoms with Crippen molar-refractivity contribution in [3.05, 3.63) is 51.5 Å². The van der Waals surface area contributed by atoms with Crippen LogP contribution in [0.5, 0.6) is 11.5 Å². The molecule has 0 saturated heterocycles. The molecule has 0 aromatic heterocycles. The van der Waals surface area contributed by atoms with E-state index in [1.807, 2.05) is 36.4 Å². The highest BCUT2D eigenvalue weighted by molar-refractivity contribution is 9.10. The van der Waals surface area contributed by atoms with Crippen LogP contribution in [0.15, 0.2) is 40.9 Å². The highest BCUT2D eigenvalue weighted by Crippen LogP contribution is 2.32. The van der Waals surface area contributed by atoms with Gasteiger partial charge in [0.2, 0.25) is 0 Å². The molecule has 110 valence electrons. The summed E-state index contributed by atoms with van der Waals surface area (Å²) < 4.78 is 12.2. The van der Waals surface area contributed by atoms with Crippen LogP contribution in [-0.2, 0) is 6.54 Å². The van der Waals surface area contributed by atoms with E-state index in [-0.39, 0.29) is 0 Å². The van der Waals surface area contributed by atoms with E-state index in [0.717, 1.165) is 40.2 Å². The molecule has 0 unspecified atom stereocenters. The van der Waals surface area contributed by atoms with E-state index in [0.29, 0.717) is 18.2 Å². The molecule has 1 heterocycles. The van der Waals surface area contributed by atoms with E-state index in [4.69, 9.17) is 21.1 Å². The van der Waals surface area contributed by atoms with E-state index in [9.17, 15) is 0 Å². The first-order valence-corrected chi connectivity index (χ1v) is 7.97. The average Bonchev–Trinajstić information content (AvgIpc) is 2.73. The van der Waals surface area contributed by atoms with Crippen LogP contribution in [0.3, 0.4) is 0 Å². The number of ether oxygens (including phenoxy) is 2. The zero-order valence-corrected chi connectivity index (χ0v) is 13.7. The Labute approximate surface area is 137 Å². The van der Waals surface area contributed by atoms with Gasteiger partial charge in [0.15, 0.2) is 11.5 Å². The smallest absolute Gasteiger partial charge is 0.163 e. The van der Waals surface area contributed by atoms with Gasteiger partial charge < -0.3 is 14.8 Å². The molecule has 0 aliphatic carbocycles. The molecule has 0 saturated carbocycles. The van der Waals surface area contributed by atoms with Crippen molar-refractivity contribution in [3.8, 4) is 11.5 Å². The number of benzene rings is 2. The third-order valence-electron chi connectivity index (χ3n) is 3.23. The summed E-state index contributed by atoms with van der Waals surface area (Å²) in [5, 5.41) is 4.10. The molecule has 0 amide bonds. The van der Waals surface area contributed by atoms with Crippen LogP contribution in [0.4, 0.5) is 5.69 Å². The van der Waals surface area contributed by atoms with Crippen molar-refractivity contribution in [2.75, 3.05) is 18.5 Å². The van der Waals surface area contributed by atoms with Gasteiger partial charge in [-0.05, 0) is 45.8 Å². The lowest BCUT2D eigenvalue weighted by Crippen LogP contribution is -2.00. The first-order chi connectivity index (χ1) is 10.2. The summed E-state index contributed by atoms with van der Waals surface area (Å²) >= 11 is 9.43. The maximum absolute atomic E-state index is 5.99. The Kier molecular flexibility index (Phi) is 4.56. The number of nitrogens with one attached hydrogen (secondary N) is 1. The van der Waals surface area contributed by atoms with Crippen LogP contribution in [0.2, 0.25) is 5.02 Å². The monoisotopic (exact) mass is 367 g/mol. The quantitative estimate of drug-likeness (QED) is 0.838. The van der Waals surface area contributed by atoms with E-state index in [1.165, 1.54) is 0 Å². The Morgan fingerprint density at radius 1 is 1.05 bits per heavy atom. The van der Waals surface area contributed by atoms with Gasteiger partial charge in [0.05, 0.1) is 18.2 Å². The van der Waals surface area contributed by atoms with Crippen LogP contribution in [-0.4, -0.2) is 13.2 Å². The summed E-state index contributed by atoms with van der Waals surface area (Å²) in [5.41, 5.74) is 2.16. The van der Waals surface area contributed by atoms with E-state index in [1.54, 1.807) is 0 Å². The second-order valence-electron chi connectivity index (χ2n) is 4.81. The fourth-order valence-corrected chi connectivity index (χ4v) is 2.67. The largest absolute Gasteiger partial charge is 0.490 e. The van der Waals surface area contributed by atoms with Crippen molar-refractivity contribution < 1.29 is 9.47 Å². The van der Waals surface area contributed by atoms with Crippen molar-refractivity contribution in [1.82, 2.24) is 0 Å². The van der Waals surface area contributed by atoms with Gasteiger partial charge in [-0.3, -0.25) is 0 Å². The molecule has 1 N–H and O–H groups in total. The van der Waals surface area contributed by atoms with E-state index >= 15 is 0 Å².